The first-order valence-corrected chi connectivity index (χ1v) is 8.93. The van der Waals surface area contributed by atoms with Crippen LogP contribution in [0.15, 0.2) is 18.2 Å². The van der Waals surface area contributed by atoms with E-state index >= 15 is 0 Å². The number of fused-ring (bicyclic) bond motifs is 1. The molecule has 1 aromatic carbocycles. The van der Waals surface area contributed by atoms with Crippen LogP contribution >= 0.6 is 0 Å². The van der Waals surface area contributed by atoms with Crippen LogP contribution < -0.4 is 0 Å². The maximum Gasteiger partial charge on any atom is 0.0924 e. The molecule has 0 unspecified atom stereocenters. The van der Waals surface area contributed by atoms with Crippen molar-refractivity contribution in [3.05, 3.63) is 29.5 Å². The third kappa shape index (κ3) is 3.52. The van der Waals surface area contributed by atoms with E-state index in [-0.39, 0.29) is 0 Å². The molecule has 120 valence electrons. The molecule has 1 aliphatic carbocycles. The lowest BCUT2D eigenvalue weighted by molar-refractivity contribution is 0.318. The maximum absolute atomic E-state index is 4.49. The number of benzene rings is 1. The van der Waals surface area contributed by atoms with E-state index in [1.54, 1.807) is 0 Å². The van der Waals surface area contributed by atoms with Crippen LogP contribution in [0.3, 0.4) is 0 Å². The van der Waals surface area contributed by atoms with Crippen LogP contribution in [0.25, 0.3) is 10.9 Å². The minimum absolute atomic E-state index is 0.763. The van der Waals surface area contributed by atoms with E-state index in [1.165, 1.54) is 61.6 Å². The second kappa shape index (κ2) is 7.28. The van der Waals surface area contributed by atoms with Gasteiger partial charge in [0.1, 0.15) is 0 Å². The number of rotatable bonds is 6. The predicted molar refractivity (Wildman–Crippen MR) is 93.2 cm³/mol. The first-order valence-electron chi connectivity index (χ1n) is 8.93. The zero-order valence-electron chi connectivity index (χ0n) is 14.1. The molecular weight excluding hydrogens is 270 g/mol. The Bertz CT molecular complexity index is 596. The van der Waals surface area contributed by atoms with Gasteiger partial charge in [0, 0.05) is 11.9 Å². The van der Waals surface area contributed by atoms with Crippen LogP contribution in [-0.4, -0.2) is 28.7 Å². The van der Waals surface area contributed by atoms with Crippen molar-refractivity contribution < 1.29 is 0 Å². The standard InChI is InChI=1S/C19H29N3/c1-3-4-12-22(2)14-19-17-13-16(10-11-18(17)20-21-19)15-8-6-5-7-9-15/h10-11,13,15H,3-9,12,14H2,1-2H3,(H,20,21). The molecule has 1 heterocycles. The summed E-state index contributed by atoms with van der Waals surface area (Å²) in [6.07, 6.45) is 9.42. The Morgan fingerprint density at radius 1 is 1.23 bits per heavy atom. The third-order valence-corrected chi connectivity index (χ3v) is 5.06. The summed E-state index contributed by atoms with van der Waals surface area (Å²) in [5, 5.41) is 9.07. The molecule has 0 spiro atoms. The lowest BCUT2D eigenvalue weighted by Gasteiger charge is -2.22. The van der Waals surface area contributed by atoms with Crippen molar-refractivity contribution >= 4 is 10.9 Å². The van der Waals surface area contributed by atoms with Gasteiger partial charge in [0.2, 0.25) is 0 Å². The second-order valence-electron chi connectivity index (χ2n) is 6.91. The van der Waals surface area contributed by atoms with E-state index in [1.807, 2.05) is 0 Å². The molecule has 22 heavy (non-hydrogen) atoms. The highest BCUT2D eigenvalue weighted by atomic mass is 15.2. The van der Waals surface area contributed by atoms with E-state index in [4.69, 9.17) is 0 Å². The minimum atomic E-state index is 0.763. The van der Waals surface area contributed by atoms with Gasteiger partial charge in [0.15, 0.2) is 0 Å². The average molecular weight is 299 g/mol. The number of unbranched alkanes of at least 4 members (excludes halogenated alkanes) is 1. The first kappa shape index (κ1) is 15.5. The largest absolute Gasteiger partial charge is 0.301 e. The third-order valence-electron chi connectivity index (χ3n) is 5.06. The minimum Gasteiger partial charge on any atom is -0.301 e. The Kier molecular flexibility index (Phi) is 5.14. The molecule has 0 bridgehead atoms. The van der Waals surface area contributed by atoms with Crippen molar-refractivity contribution in [3.63, 3.8) is 0 Å². The molecule has 0 amide bonds. The Morgan fingerprint density at radius 3 is 2.82 bits per heavy atom. The van der Waals surface area contributed by atoms with Crippen LogP contribution in [-0.2, 0) is 6.54 Å². The molecule has 1 saturated carbocycles. The fraction of sp³-hybridized carbons (Fsp3) is 0.632. The Hall–Kier alpha value is -1.35. The zero-order valence-corrected chi connectivity index (χ0v) is 14.1. The van der Waals surface area contributed by atoms with Crippen molar-refractivity contribution in [2.75, 3.05) is 13.6 Å². The van der Waals surface area contributed by atoms with Gasteiger partial charge < -0.3 is 4.90 Å². The van der Waals surface area contributed by atoms with Crippen molar-refractivity contribution in [1.29, 1.82) is 0 Å². The molecule has 1 aromatic heterocycles. The van der Waals surface area contributed by atoms with Gasteiger partial charge in [0.25, 0.3) is 0 Å². The fourth-order valence-electron chi connectivity index (χ4n) is 3.67. The topological polar surface area (TPSA) is 31.9 Å². The molecule has 0 saturated heterocycles. The van der Waals surface area contributed by atoms with Crippen molar-refractivity contribution in [2.45, 2.75) is 64.3 Å². The molecular formula is C19H29N3. The Labute approximate surface area is 134 Å². The van der Waals surface area contributed by atoms with Gasteiger partial charge in [-0.1, -0.05) is 38.7 Å². The van der Waals surface area contributed by atoms with E-state index < -0.39 is 0 Å². The highest BCUT2D eigenvalue weighted by Gasteiger charge is 2.17. The number of H-pyrrole nitrogens is 1. The number of hydrogen-bond acceptors (Lipinski definition) is 2. The quantitative estimate of drug-likeness (QED) is 0.827. The van der Waals surface area contributed by atoms with Crippen LogP contribution in [0.2, 0.25) is 0 Å². The summed E-state index contributed by atoms with van der Waals surface area (Å²) < 4.78 is 0. The van der Waals surface area contributed by atoms with Gasteiger partial charge in [-0.2, -0.15) is 5.10 Å². The van der Waals surface area contributed by atoms with Gasteiger partial charge in [0.05, 0.1) is 11.2 Å². The number of hydrogen-bond donors (Lipinski definition) is 1. The highest BCUT2D eigenvalue weighted by molar-refractivity contribution is 5.82. The normalized spacial score (nSPS) is 16.7. The van der Waals surface area contributed by atoms with Crippen LogP contribution in [0.5, 0.6) is 0 Å². The summed E-state index contributed by atoms with van der Waals surface area (Å²) in [5.74, 6) is 0.763. The van der Waals surface area contributed by atoms with Crippen molar-refractivity contribution in [3.8, 4) is 0 Å². The Balaban J connectivity index is 1.79. The molecule has 1 aliphatic rings. The van der Waals surface area contributed by atoms with Gasteiger partial charge in [-0.05, 0) is 56.5 Å². The SMILES string of the molecule is CCCCN(C)Cc1[nH]nc2ccc(C3CCCCC3)cc12. The van der Waals surface area contributed by atoms with Gasteiger partial charge in [-0.25, -0.2) is 0 Å². The fourth-order valence-corrected chi connectivity index (χ4v) is 3.67. The monoisotopic (exact) mass is 299 g/mol. The summed E-state index contributed by atoms with van der Waals surface area (Å²) in [5.41, 5.74) is 3.90. The molecule has 3 nitrogen and oxygen atoms in total. The van der Waals surface area contributed by atoms with E-state index in [2.05, 4.69) is 47.3 Å². The van der Waals surface area contributed by atoms with Gasteiger partial charge in [-0.3, -0.25) is 5.10 Å². The van der Waals surface area contributed by atoms with Crippen LogP contribution in [0.1, 0.15) is 69.0 Å². The van der Waals surface area contributed by atoms with E-state index in [0.29, 0.717) is 0 Å². The number of nitrogens with zero attached hydrogens (tertiary/aromatic N) is 2. The first-order chi connectivity index (χ1) is 10.8. The molecule has 1 N–H and O–H groups in total. The van der Waals surface area contributed by atoms with Crippen LogP contribution in [0, 0.1) is 0 Å². The molecule has 3 rings (SSSR count). The molecule has 0 aliphatic heterocycles. The van der Waals surface area contributed by atoms with Crippen LogP contribution in [0.4, 0.5) is 0 Å². The van der Waals surface area contributed by atoms with Gasteiger partial charge in [-0.15, -0.1) is 0 Å². The van der Waals surface area contributed by atoms with Crippen molar-refractivity contribution in [2.24, 2.45) is 0 Å². The highest BCUT2D eigenvalue weighted by Crippen LogP contribution is 2.34. The smallest absolute Gasteiger partial charge is 0.0924 e. The second-order valence-corrected chi connectivity index (χ2v) is 6.91. The molecule has 0 radical (unpaired) electrons. The maximum atomic E-state index is 4.49. The Morgan fingerprint density at radius 2 is 2.05 bits per heavy atom. The van der Waals surface area contributed by atoms with E-state index in [0.717, 1.165) is 24.5 Å². The number of aromatic amines is 1. The number of nitrogens with one attached hydrogen (secondary N) is 1. The van der Waals surface area contributed by atoms with Gasteiger partial charge >= 0.3 is 0 Å². The summed E-state index contributed by atoms with van der Waals surface area (Å²) >= 11 is 0. The average Bonchev–Trinajstić information content (AvgIpc) is 2.96. The van der Waals surface area contributed by atoms with E-state index in [9.17, 15) is 0 Å². The predicted octanol–water partition coefficient (Wildman–Crippen LogP) is 4.84. The molecule has 3 heteroatoms. The summed E-state index contributed by atoms with van der Waals surface area (Å²) in [4.78, 5) is 2.39. The summed E-state index contributed by atoms with van der Waals surface area (Å²) in [6.45, 7) is 4.36. The molecule has 2 aromatic rings. The number of aromatic nitrogens is 2. The summed E-state index contributed by atoms with van der Waals surface area (Å²) in [7, 11) is 2.20. The summed E-state index contributed by atoms with van der Waals surface area (Å²) in [6, 6.07) is 6.90. The molecule has 0 atom stereocenters. The van der Waals surface area contributed by atoms with Crippen molar-refractivity contribution in [1.82, 2.24) is 15.1 Å². The lowest BCUT2D eigenvalue weighted by Crippen LogP contribution is -2.19. The molecule has 1 fully saturated rings. The lowest BCUT2D eigenvalue weighted by atomic mass is 9.84. The zero-order chi connectivity index (χ0) is 15.4.